The highest BCUT2D eigenvalue weighted by Crippen LogP contribution is 2.39. The van der Waals surface area contributed by atoms with Gasteiger partial charge >= 0.3 is 0 Å². The molecule has 5 heteroatoms. The zero-order chi connectivity index (χ0) is 41.9. The fourth-order valence-electron chi connectivity index (χ4n) is 9.66. The minimum atomic E-state index is -0.0194. The van der Waals surface area contributed by atoms with E-state index < -0.39 is 0 Å². The van der Waals surface area contributed by atoms with Crippen molar-refractivity contribution in [3.05, 3.63) is 223 Å². The Bertz CT molecular complexity index is 3600. The molecule has 0 saturated carbocycles. The summed E-state index contributed by atoms with van der Waals surface area (Å²) in [5.41, 5.74) is 16.6. The van der Waals surface area contributed by atoms with Gasteiger partial charge in [0.05, 0.1) is 40.0 Å². The van der Waals surface area contributed by atoms with Gasteiger partial charge in [-0.1, -0.05) is 158 Å². The minimum Gasteiger partial charge on any atom is -0.309 e. The van der Waals surface area contributed by atoms with E-state index in [1.165, 1.54) is 43.7 Å². The van der Waals surface area contributed by atoms with Crippen molar-refractivity contribution >= 4 is 55.4 Å². The molecule has 3 aromatic heterocycles. The third-order valence-corrected chi connectivity index (χ3v) is 12.7. The lowest BCUT2D eigenvalue weighted by Gasteiger charge is -2.21. The van der Waals surface area contributed by atoms with Gasteiger partial charge in [-0.3, -0.25) is 4.99 Å². The summed E-state index contributed by atoms with van der Waals surface area (Å²) in [5, 5.41) is 4.93. The first kappa shape index (κ1) is 36.7. The van der Waals surface area contributed by atoms with Crippen LogP contribution in [0.25, 0.3) is 94.3 Å². The molecule has 0 spiro atoms. The number of aromatic nitrogens is 4. The molecule has 0 fully saturated rings. The van der Waals surface area contributed by atoms with Gasteiger partial charge in [0.25, 0.3) is 0 Å². The molecule has 0 radical (unpaired) electrons. The topological polar surface area (TPSA) is 48.0 Å². The molecule has 63 heavy (non-hydrogen) atoms. The number of allylic oxidation sites excluding steroid dienone is 1. The van der Waals surface area contributed by atoms with Crippen molar-refractivity contribution in [3.8, 4) is 45.1 Å². The molecule has 1 aliphatic heterocycles. The summed E-state index contributed by atoms with van der Waals surface area (Å²) in [4.78, 5) is 15.4. The Balaban J connectivity index is 0.972. The Kier molecular flexibility index (Phi) is 8.78. The first-order valence-electron chi connectivity index (χ1n) is 21.6. The van der Waals surface area contributed by atoms with Crippen LogP contribution >= 0.6 is 0 Å². The number of aliphatic imine (C=N–C) groups is 1. The molecule has 0 aliphatic carbocycles. The number of para-hydroxylation sites is 3. The van der Waals surface area contributed by atoms with E-state index in [2.05, 4.69) is 198 Å². The number of fused-ring (bicyclic) bond motifs is 6. The number of rotatable bonds is 7. The van der Waals surface area contributed by atoms with Crippen LogP contribution in [0.3, 0.4) is 0 Å². The smallest absolute Gasteiger partial charge is 0.160 e. The molecule has 11 aromatic rings. The van der Waals surface area contributed by atoms with E-state index in [9.17, 15) is 0 Å². The molecule has 0 bridgehead atoms. The first-order valence-corrected chi connectivity index (χ1v) is 21.6. The fourth-order valence-corrected chi connectivity index (χ4v) is 9.66. The van der Waals surface area contributed by atoms with E-state index in [-0.39, 0.29) is 5.92 Å². The van der Waals surface area contributed by atoms with Crippen molar-refractivity contribution in [1.29, 1.82) is 0 Å². The quantitative estimate of drug-likeness (QED) is 0.161. The van der Waals surface area contributed by atoms with Crippen molar-refractivity contribution in [2.75, 3.05) is 6.54 Å². The number of benzene rings is 8. The average molecular weight is 808 g/mol. The van der Waals surface area contributed by atoms with E-state index in [0.29, 0.717) is 6.54 Å². The standard InChI is InChI=1S/C58H41N5/c1-38-56(39-16-5-2-6-17-39)60-58(40-18-7-3-8-19-40)61-57(38)45-32-44(36-59-37-45)43-29-31-51-49-25-12-14-27-53(49)63(55(51)35-43)47-23-15-20-41(33-47)42-28-30-50-48-24-11-13-26-52(48)62(54(50)34-42)46-21-9-4-10-22-46/h2-36,45H,37H2,1H3. The predicted octanol–water partition coefficient (Wildman–Crippen LogP) is 14.2. The van der Waals surface area contributed by atoms with Crippen molar-refractivity contribution in [1.82, 2.24) is 19.1 Å². The summed E-state index contributed by atoms with van der Waals surface area (Å²) in [5.74, 6) is 0.709. The van der Waals surface area contributed by atoms with Gasteiger partial charge in [0.2, 0.25) is 0 Å². The van der Waals surface area contributed by atoms with Gasteiger partial charge in [-0.15, -0.1) is 0 Å². The zero-order valence-electron chi connectivity index (χ0n) is 34.7. The highest BCUT2D eigenvalue weighted by Gasteiger charge is 2.23. The zero-order valence-corrected chi connectivity index (χ0v) is 34.7. The third-order valence-electron chi connectivity index (χ3n) is 12.7. The molecule has 1 unspecified atom stereocenters. The van der Waals surface area contributed by atoms with Crippen LogP contribution in [0, 0.1) is 6.92 Å². The number of nitrogens with zero attached hydrogens (tertiary/aromatic N) is 5. The molecule has 0 amide bonds. The third kappa shape index (κ3) is 6.28. The highest BCUT2D eigenvalue weighted by atomic mass is 15.0. The Labute approximate surface area is 365 Å². The van der Waals surface area contributed by atoms with E-state index >= 15 is 0 Å². The van der Waals surface area contributed by atoms with Crippen LogP contribution in [0.4, 0.5) is 0 Å². The second-order valence-electron chi connectivity index (χ2n) is 16.4. The van der Waals surface area contributed by atoms with Crippen molar-refractivity contribution < 1.29 is 0 Å². The Morgan fingerprint density at radius 2 is 0.952 bits per heavy atom. The van der Waals surface area contributed by atoms with E-state index in [4.69, 9.17) is 15.0 Å². The molecule has 0 saturated heterocycles. The SMILES string of the molecule is Cc1c(-c2ccccc2)nc(-c2ccccc2)nc1C1C=C(c2ccc3c4ccccc4n(-c4cccc(-c5ccc6c7ccccc7n(-c7ccccc7)c6c5)c4)c3c2)C=NC1. The predicted molar refractivity (Wildman–Crippen MR) is 262 cm³/mol. The molecular weight excluding hydrogens is 767 g/mol. The largest absolute Gasteiger partial charge is 0.309 e. The minimum absolute atomic E-state index is 0.0194. The van der Waals surface area contributed by atoms with Gasteiger partial charge in [-0.25, -0.2) is 9.97 Å². The summed E-state index contributed by atoms with van der Waals surface area (Å²) < 4.78 is 4.80. The van der Waals surface area contributed by atoms with E-state index in [0.717, 1.165) is 67.5 Å². The Hall–Kier alpha value is -8.15. The van der Waals surface area contributed by atoms with E-state index in [1.54, 1.807) is 0 Å². The molecule has 0 N–H and O–H groups in total. The second-order valence-corrected chi connectivity index (χ2v) is 16.4. The lowest BCUT2D eigenvalue weighted by molar-refractivity contribution is 0.800. The van der Waals surface area contributed by atoms with Crippen molar-refractivity contribution in [2.45, 2.75) is 12.8 Å². The van der Waals surface area contributed by atoms with Crippen LogP contribution in [0.15, 0.2) is 211 Å². The lowest BCUT2D eigenvalue weighted by atomic mass is 9.91. The van der Waals surface area contributed by atoms with Gasteiger partial charge in [-0.05, 0) is 83.3 Å². The first-order chi connectivity index (χ1) is 31.2. The van der Waals surface area contributed by atoms with Crippen molar-refractivity contribution in [2.24, 2.45) is 4.99 Å². The lowest BCUT2D eigenvalue weighted by Crippen LogP contribution is -2.12. The highest BCUT2D eigenvalue weighted by molar-refractivity contribution is 6.15. The number of hydrogen-bond acceptors (Lipinski definition) is 3. The van der Waals surface area contributed by atoms with Gasteiger partial charge in [0.1, 0.15) is 0 Å². The van der Waals surface area contributed by atoms with Crippen molar-refractivity contribution in [3.63, 3.8) is 0 Å². The normalized spacial score (nSPS) is 13.9. The van der Waals surface area contributed by atoms with Crippen LogP contribution in [-0.4, -0.2) is 31.9 Å². The van der Waals surface area contributed by atoms with Crippen LogP contribution in [0.2, 0.25) is 0 Å². The van der Waals surface area contributed by atoms with Gasteiger partial charge in [0, 0.05) is 56.2 Å². The maximum absolute atomic E-state index is 5.26. The summed E-state index contributed by atoms with van der Waals surface area (Å²) in [7, 11) is 0. The summed E-state index contributed by atoms with van der Waals surface area (Å²) in [6, 6.07) is 71.5. The number of hydrogen-bond donors (Lipinski definition) is 0. The fraction of sp³-hybridized carbons (Fsp3) is 0.0517. The summed E-state index contributed by atoms with van der Waals surface area (Å²) in [6.07, 6.45) is 4.38. The molecule has 298 valence electrons. The molecule has 12 rings (SSSR count). The molecular formula is C58H41N5. The van der Waals surface area contributed by atoms with Crippen LogP contribution in [0.5, 0.6) is 0 Å². The molecule has 1 aliphatic rings. The molecule has 8 aromatic carbocycles. The number of dihydropyridines is 1. The Morgan fingerprint density at radius 3 is 1.65 bits per heavy atom. The maximum Gasteiger partial charge on any atom is 0.160 e. The van der Waals surface area contributed by atoms with E-state index in [1.807, 2.05) is 30.5 Å². The molecule has 4 heterocycles. The van der Waals surface area contributed by atoms with Crippen LogP contribution < -0.4 is 0 Å². The van der Waals surface area contributed by atoms with Gasteiger partial charge < -0.3 is 9.13 Å². The second kappa shape index (κ2) is 15.1. The van der Waals surface area contributed by atoms with Crippen LogP contribution in [0.1, 0.15) is 22.7 Å². The van der Waals surface area contributed by atoms with Gasteiger partial charge in [-0.2, -0.15) is 0 Å². The molecule has 1 atom stereocenters. The van der Waals surface area contributed by atoms with Crippen LogP contribution in [-0.2, 0) is 0 Å². The summed E-state index contributed by atoms with van der Waals surface area (Å²) >= 11 is 0. The maximum atomic E-state index is 5.26. The van der Waals surface area contributed by atoms with Gasteiger partial charge in [0.15, 0.2) is 5.82 Å². The monoisotopic (exact) mass is 807 g/mol. The average Bonchev–Trinajstić information content (AvgIpc) is 3.87. The summed E-state index contributed by atoms with van der Waals surface area (Å²) in [6.45, 7) is 2.77. The Morgan fingerprint density at radius 1 is 0.429 bits per heavy atom. The molecule has 5 nitrogen and oxygen atoms in total.